The predicted molar refractivity (Wildman–Crippen MR) is 73.6 cm³/mol. The molecule has 0 bridgehead atoms. The molecule has 1 rings (SSSR count). The topological polar surface area (TPSA) is 30.5 Å². The molecule has 0 saturated heterocycles. The van der Waals surface area contributed by atoms with Crippen LogP contribution in [0.3, 0.4) is 0 Å². The van der Waals surface area contributed by atoms with Crippen LogP contribution < -0.4 is 10.1 Å². The molecule has 0 radical (unpaired) electrons. The zero-order valence-electron chi connectivity index (χ0n) is 11.5. The Kier molecular flexibility index (Phi) is 5.85. The first-order chi connectivity index (χ1) is 9.13. The molecule has 0 heterocycles. The summed E-state index contributed by atoms with van der Waals surface area (Å²) < 4.78 is 45.6. The van der Waals surface area contributed by atoms with E-state index < -0.39 is 6.36 Å². The van der Waals surface area contributed by atoms with Crippen molar-refractivity contribution in [2.75, 3.05) is 13.7 Å². The number of halogens is 4. The van der Waals surface area contributed by atoms with Crippen LogP contribution >= 0.6 is 15.9 Å². The predicted octanol–water partition coefficient (Wildman–Crippen LogP) is 3.86. The van der Waals surface area contributed by atoms with Gasteiger partial charge in [-0.15, -0.1) is 13.2 Å². The van der Waals surface area contributed by atoms with Crippen molar-refractivity contribution < 1.29 is 22.6 Å². The zero-order valence-corrected chi connectivity index (χ0v) is 13.1. The summed E-state index contributed by atoms with van der Waals surface area (Å²) in [6.07, 6.45) is -4.69. The lowest BCUT2D eigenvalue weighted by Gasteiger charge is -2.25. The largest absolute Gasteiger partial charge is 0.573 e. The van der Waals surface area contributed by atoms with E-state index in [2.05, 4.69) is 26.0 Å². The highest BCUT2D eigenvalue weighted by atomic mass is 79.9. The van der Waals surface area contributed by atoms with Crippen LogP contribution in [0.5, 0.6) is 5.75 Å². The Morgan fingerprint density at radius 3 is 2.40 bits per heavy atom. The van der Waals surface area contributed by atoms with Gasteiger partial charge in [0.05, 0.1) is 11.1 Å². The highest BCUT2D eigenvalue weighted by Crippen LogP contribution is 2.31. The van der Waals surface area contributed by atoms with Gasteiger partial charge in [-0.3, -0.25) is 0 Å². The number of nitrogens with one attached hydrogen (secondary N) is 1. The van der Waals surface area contributed by atoms with Crippen LogP contribution in [-0.2, 0) is 11.3 Å². The van der Waals surface area contributed by atoms with Gasteiger partial charge in [0.15, 0.2) is 0 Å². The number of alkyl halides is 3. The Morgan fingerprint density at radius 2 is 1.90 bits per heavy atom. The first kappa shape index (κ1) is 17.3. The summed E-state index contributed by atoms with van der Waals surface area (Å²) in [6, 6.07) is 4.47. The van der Waals surface area contributed by atoms with Crippen LogP contribution in [0.1, 0.15) is 19.4 Å². The van der Waals surface area contributed by atoms with Crippen molar-refractivity contribution in [3.63, 3.8) is 0 Å². The first-order valence-electron chi connectivity index (χ1n) is 5.91. The second-order valence-electron chi connectivity index (χ2n) is 4.98. The Hall–Kier alpha value is -0.790. The smallest absolute Gasteiger partial charge is 0.405 e. The fourth-order valence-electron chi connectivity index (χ4n) is 1.61. The van der Waals surface area contributed by atoms with Gasteiger partial charge in [0.25, 0.3) is 0 Å². The maximum atomic E-state index is 12.1. The maximum absolute atomic E-state index is 12.1. The molecule has 0 aliphatic heterocycles. The number of benzene rings is 1. The van der Waals surface area contributed by atoms with Crippen molar-refractivity contribution in [3.8, 4) is 5.75 Å². The number of hydrogen-bond acceptors (Lipinski definition) is 3. The summed E-state index contributed by atoms with van der Waals surface area (Å²) in [5.74, 6) is -0.252. The monoisotopic (exact) mass is 355 g/mol. The van der Waals surface area contributed by atoms with Gasteiger partial charge in [0.2, 0.25) is 0 Å². The van der Waals surface area contributed by atoms with E-state index in [1.165, 1.54) is 6.07 Å². The van der Waals surface area contributed by atoms with Crippen molar-refractivity contribution in [3.05, 3.63) is 28.2 Å². The van der Waals surface area contributed by atoms with Crippen LogP contribution in [0, 0.1) is 0 Å². The molecule has 20 heavy (non-hydrogen) atoms. The minimum Gasteiger partial charge on any atom is -0.405 e. The van der Waals surface area contributed by atoms with Crippen LogP contribution in [0.2, 0.25) is 0 Å². The lowest BCUT2D eigenvalue weighted by molar-refractivity contribution is -0.274. The lowest BCUT2D eigenvalue weighted by atomic mass is 10.1. The van der Waals surface area contributed by atoms with Crippen LogP contribution in [0.25, 0.3) is 0 Å². The molecule has 7 heteroatoms. The SMILES string of the molecule is COCC(C)(C)NCc1ccc(OC(F)(F)F)c(Br)c1. The maximum Gasteiger partial charge on any atom is 0.573 e. The third-order valence-corrected chi connectivity index (χ3v) is 3.12. The third-order valence-electron chi connectivity index (χ3n) is 2.50. The van der Waals surface area contributed by atoms with Gasteiger partial charge in [-0.05, 0) is 47.5 Å². The van der Waals surface area contributed by atoms with Gasteiger partial charge in [-0.1, -0.05) is 6.07 Å². The van der Waals surface area contributed by atoms with E-state index in [9.17, 15) is 13.2 Å². The van der Waals surface area contributed by atoms with Crippen molar-refractivity contribution in [2.24, 2.45) is 0 Å². The number of rotatable bonds is 6. The molecule has 3 nitrogen and oxygen atoms in total. The molecular formula is C13H17BrF3NO2. The number of hydrogen-bond donors (Lipinski definition) is 1. The van der Waals surface area contributed by atoms with Crippen molar-refractivity contribution in [1.82, 2.24) is 5.32 Å². The Balaban J connectivity index is 2.68. The van der Waals surface area contributed by atoms with E-state index >= 15 is 0 Å². The summed E-state index contributed by atoms with van der Waals surface area (Å²) in [6.45, 7) is 5.00. The van der Waals surface area contributed by atoms with E-state index in [1.807, 2.05) is 13.8 Å². The van der Waals surface area contributed by atoms with E-state index in [-0.39, 0.29) is 15.8 Å². The van der Waals surface area contributed by atoms with Gasteiger partial charge in [0.1, 0.15) is 5.75 Å². The standard InChI is InChI=1S/C13H17BrF3NO2/c1-12(2,8-19-3)18-7-9-4-5-11(10(14)6-9)20-13(15,16)17/h4-6,18H,7-8H2,1-3H3. The second-order valence-corrected chi connectivity index (χ2v) is 5.84. The van der Waals surface area contributed by atoms with Gasteiger partial charge in [0, 0.05) is 19.2 Å². The van der Waals surface area contributed by atoms with Crippen LogP contribution in [-0.4, -0.2) is 25.6 Å². The molecule has 0 saturated carbocycles. The highest BCUT2D eigenvalue weighted by molar-refractivity contribution is 9.10. The highest BCUT2D eigenvalue weighted by Gasteiger charge is 2.31. The van der Waals surface area contributed by atoms with E-state index in [0.717, 1.165) is 5.56 Å². The van der Waals surface area contributed by atoms with Crippen molar-refractivity contribution in [1.29, 1.82) is 0 Å². The minimum atomic E-state index is -4.69. The molecule has 1 aromatic rings. The molecule has 0 fully saturated rings. The molecular weight excluding hydrogens is 339 g/mol. The minimum absolute atomic E-state index is 0.220. The van der Waals surface area contributed by atoms with Gasteiger partial charge >= 0.3 is 6.36 Å². The van der Waals surface area contributed by atoms with E-state index in [1.54, 1.807) is 19.2 Å². The number of methoxy groups -OCH3 is 1. The molecule has 0 unspecified atom stereocenters. The van der Waals surface area contributed by atoms with E-state index in [4.69, 9.17) is 4.74 Å². The third kappa shape index (κ3) is 6.11. The van der Waals surface area contributed by atoms with E-state index in [0.29, 0.717) is 13.2 Å². The molecule has 1 N–H and O–H groups in total. The normalized spacial score (nSPS) is 12.6. The van der Waals surface area contributed by atoms with Crippen molar-refractivity contribution in [2.45, 2.75) is 32.3 Å². The average molecular weight is 356 g/mol. The fourth-order valence-corrected chi connectivity index (χ4v) is 2.12. The fraction of sp³-hybridized carbons (Fsp3) is 0.538. The molecule has 0 spiro atoms. The second kappa shape index (κ2) is 6.78. The summed E-state index contributed by atoms with van der Waals surface area (Å²) in [4.78, 5) is 0. The molecule has 0 amide bonds. The molecule has 0 aliphatic carbocycles. The molecule has 114 valence electrons. The molecule has 1 aromatic carbocycles. The molecule has 0 aromatic heterocycles. The summed E-state index contributed by atoms with van der Waals surface area (Å²) in [5, 5.41) is 3.26. The summed E-state index contributed by atoms with van der Waals surface area (Å²) >= 11 is 3.07. The number of ether oxygens (including phenoxy) is 2. The Morgan fingerprint density at radius 1 is 1.25 bits per heavy atom. The van der Waals surface area contributed by atoms with Gasteiger partial charge in [-0.2, -0.15) is 0 Å². The first-order valence-corrected chi connectivity index (χ1v) is 6.70. The zero-order chi connectivity index (χ0) is 15.4. The quantitative estimate of drug-likeness (QED) is 0.840. The lowest BCUT2D eigenvalue weighted by Crippen LogP contribution is -2.42. The van der Waals surface area contributed by atoms with Crippen molar-refractivity contribution >= 4 is 15.9 Å². The molecule has 0 atom stereocenters. The Labute approximate surface area is 124 Å². The van der Waals surface area contributed by atoms with Crippen LogP contribution in [0.15, 0.2) is 22.7 Å². The molecule has 0 aliphatic rings. The van der Waals surface area contributed by atoms with Gasteiger partial charge < -0.3 is 14.8 Å². The summed E-state index contributed by atoms with van der Waals surface area (Å²) in [7, 11) is 1.61. The summed E-state index contributed by atoms with van der Waals surface area (Å²) in [5.41, 5.74) is 0.623. The Bertz CT molecular complexity index is 450. The van der Waals surface area contributed by atoms with Crippen LogP contribution in [0.4, 0.5) is 13.2 Å². The van der Waals surface area contributed by atoms with Gasteiger partial charge in [-0.25, -0.2) is 0 Å². The average Bonchev–Trinajstić information content (AvgIpc) is 2.28.